The summed E-state index contributed by atoms with van der Waals surface area (Å²) in [4.78, 5) is 11.9. The third-order valence-electron chi connectivity index (χ3n) is 2.75. The Bertz CT molecular complexity index is 464. The molecule has 0 fully saturated rings. The molecule has 0 aliphatic carbocycles. The van der Waals surface area contributed by atoms with Crippen LogP contribution in [0.15, 0.2) is 12.1 Å². The highest BCUT2D eigenvalue weighted by Gasteiger charge is 2.28. The van der Waals surface area contributed by atoms with E-state index in [-0.39, 0.29) is 16.0 Å². The van der Waals surface area contributed by atoms with Gasteiger partial charge >= 0.3 is 0 Å². The average Bonchev–Trinajstić information content (AvgIpc) is 2.23. The van der Waals surface area contributed by atoms with Crippen LogP contribution in [-0.4, -0.2) is 10.6 Å². The van der Waals surface area contributed by atoms with Crippen molar-refractivity contribution in [2.24, 2.45) is 5.41 Å². The molecule has 18 heavy (non-hydrogen) atoms. The summed E-state index contributed by atoms with van der Waals surface area (Å²) in [6.45, 7) is 7.64. The summed E-state index contributed by atoms with van der Waals surface area (Å²) in [5.74, 6) is 0.162. The number of Topliss-reactive ketones (excluding diaryl/α,β-unsaturated/α-hetero) is 1. The number of alkyl halides is 1. The Kier molecular flexibility index (Phi) is 5.28. The first kappa shape index (κ1) is 16.0. The van der Waals surface area contributed by atoms with Crippen molar-refractivity contribution in [3.05, 3.63) is 33.3 Å². The molecule has 0 radical (unpaired) electrons. The normalized spacial score (nSPS) is 13.5. The zero-order valence-corrected chi connectivity index (χ0v) is 14.1. The molecule has 0 spiro atoms. The van der Waals surface area contributed by atoms with Crippen LogP contribution in [-0.2, 0) is 11.2 Å². The van der Waals surface area contributed by atoms with Crippen LogP contribution in [0.1, 0.15) is 31.9 Å². The van der Waals surface area contributed by atoms with Crippen molar-refractivity contribution in [1.82, 2.24) is 0 Å². The monoisotopic (exact) mass is 350 g/mol. The van der Waals surface area contributed by atoms with E-state index >= 15 is 0 Å². The van der Waals surface area contributed by atoms with E-state index in [4.69, 9.17) is 23.2 Å². The number of carbonyl (C=O) groups is 1. The molecular formula is C14H17BrCl2O. The van der Waals surface area contributed by atoms with Crippen LogP contribution < -0.4 is 0 Å². The predicted octanol–water partition coefficient (Wildman–Crippen LogP) is 5.22. The van der Waals surface area contributed by atoms with Crippen molar-refractivity contribution in [3.63, 3.8) is 0 Å². The first-order chi connectivity index (χ1) is 8.12. The highest BCUT2D eigenvalue weighted by Crippen LogP contribution is 2.29. The van der Waals surface area contributed by atoms with Crippen LogP contribution >= 0.6 is 39.1 Å². The summed E-state index contributed by atoms with van der Waals surface area (Å²) in [5.41, 5.74) is 1.47. The molecular weight excluding hydrogens is 335 g/mol. The molecule has 1 rings (SSSR count). The van der Waals surface area contributed by atoms with Crippen molar-refractivity contribution in [3.8, 4) is 0 Å². The van der Waals surface area contributed by atoms with Crippen molar-refractivity contribution in [2.75, 3.05) is 0 Å². The highest BCUT2D eigenvalue weighted by atomic mass is 79.9. The minimum atomic E-state index is -0.366. The summed E-state index contributed by atoms with van der Waals surface area (Å²) < 4.78 is 0. The lowest BCUT2D eigenvalue weighted by Gasteiger charge is -2.21. The molecule has 0 aromatic heterocycles. The summed E-state index contributed by atoms with van der Waals surface area (Å²) in [7, 11) is 0. The number of ketones is 1. The second-order valence-corrected chi connectivity index (χ2v) is 7.40. The van der Waals surface area contributed by atoms with Crippen LogP contribution in [0.4, 0.5) is 0 Å². The van der Waals surface area contributed by atoms with Crippen molar-refractivity contribution >= 4 is 44.9 Å². The number of carbonyl (C=O) groups excluding carboxylic acids is 1. The fourth-order valence-electron chi connectivity index (χ4n) is 1.60. The molecule has 1 atom stereocenters. The minimum Gasteiger partial charge on any atom is -0.298 e. The Morgan fingerprint density at radius 3 is 2.33 bits per heavy atom. The first-order valence-electron chi connectivity index (χ1n) is 5.76. The Labute approximate surface area is 127 Å². The fraction of sp³-hybridized carbons (Fsp3) is 0.500. The van der Waals surface area contributed by atoms with Crippen molar-refractivity contribution in [1.29, 1.82) is 0 Å². The largest absolute Gasteiger partial charge is 0.298 e. The molecule has 1 unspecified atom stereocenters. The number of hydrogen-bond donors (Lipinski definition) is 0. The van der Waals surface area contributed by atoms with E-state index < -0.39 is 0 Å². The van der Waals surface area contributed by atoms with E-state index in [1.54, 1.807) is 0 Å². The zero-order valence-electron chi connectivity index (χ0n) is 11.0. The van der Waals surface area contributed by atoms with Gasteiger partial charge in [-0.15, -0.1) is 0 Å². The second kappa shape index (κ2) is 5.94. The third kappa shape index (κ3) is 3.97. The topological polar surface area (TPSA) is 17.1 Å². The van der Waals surface area contributed by atoms with Crippen molar-refractivity contribution in [2.45, 2.75) is 38.9 Å². The summed E-state index contributed by atoms with van der Waals surface area (Å²) in [6, 6.07) is 3.67. The standard InChI is InChI=1S/C14H17BrCl2O/c1-8-5-12(17)9(7-11(8)16)6-10(15)13(18)14(2,3)4/h5,7,10H,6H2,1-4H3. The number of aryl methyl sites for hydroxylation is 1. The van der Waals surface area contributed by atoms with Gasteiger partial charge in [0.15, 0.2) is 5.78 Å². The SMILES string of the molecule is Cc1cc(Cl)c(CC(Br)C(=O)C(C)(C)C)cc1Cl. The number of halogens is 3. The molecule has 4 heteroatoms. The molecule has 0 aliphatic heterocycles. The fourth-order valence-corrected chi connectivity index (χ4v) is 3.12. The molecule has 0 saturated heterocycles. The van der Waals surface area contributed by atoms with E-state index in [2.05, 4.69) is 15.9 Å². The van der Waals surface area contributed by atoms with E-state index in [1.807, 2.05) is 39.8 Å². The van der Waals surface area contributed by atoms with Gasteiger partial charge < -0.3 is 0 Å². The molecule has 0 bridgehead atoms. The molecule has 0 N–H and O–H groups in total. The average molecular weight is 352 g/mol. The van der Waals surface area contributed by atoms with E-state index in [0.717, 1.165) is 11.1 Å². The van der Waals surface area contributed by atoms with Gasteiger partial charge in [-0.1, -0.05) is 59.9 Å². The Morgan fingerprint density at radius 1 is 1.28 bits per heavy atom. The Morgan fingerprint density at radius 2 is 1.83 bits per heavy atom. The first-order valence-corrected chi connectivity index (χ1v) is 7.43. The summed E-state index contributed by atoms with van der Waals surface area (Å²) >= 11 is 15.7. The lowest BCUT2D eigenvalue weighted by Crippen LogP contribution is -2.30. The van der Waals surface area contributed by atoms with Gasteiger partial charge in [-0.25, -0.2) is 0 Å². The smallest absolute Gasteiger partial charge is 0.152 e. The van der Waals surface area contributed by atoms with Crippen LogP contribution in [0.2, 0.25) is 10.0 Å². The third-order valence-corrected chi connectivity index (χ3v) is 4.25. The molecule has 0 saturated carbocycles. The Hall–Kier alpha value is -0.0500. The minimum absolute atomic E-state index is 0.162. The van der Waals surface area contributed by atoms with Crippen molar-refractivity contribution < 1.29 is 4.79 Å². The van der Waals surface area contributed by atoms with Gasteiger partial charge in [0.25, 0.3) is 0 Å². The van der Waals surface area contributed by atoms with Crippen LogP contribution in [0.5, 0.6) is 0 Å². The lowest BCUT2D eigenvalue weighted by molar-refractivity contribution is -0.125. The van der Waals surface area contributed by atoms with Gasteiger partial charge in [0.1, 0.15) is 0 Å². The Balaban J connectivity index is 2.92. The maximum atomic E-state index is 12.1. The van der Waals surface area contributed by atoms with Gasteiger partial charge in [-0.3, -0.25) is 4.79 Å². The van der Waals surface area contributed by atoms with Gasteiger partial charge in [-0.05, 0) is 36.6 Å². The van der Waals surface area contributed by atoms with Gasteiger partial charge in [-0.2, -0.15) is 0 Å². The predicted molar refractivity (Wildman–Crippen MR) is 82.1 cm³/mol. The summed E-state index contributed by atoms with van der Waals surface area (Å²) in [5, 5.41) is 1.33. The maximum absolute atomic E-state index is 12.1. The lowest BCUT2D eigenvalue weighted by atomic mass is 9.87. The number of rotatable bonds is 3. The van der Waals surface area contributed by atoms with E-state index in [0.29, 0.717) is 16.5 Å². The molecule has 100 valence electrons. The molecule has 0 heterocycles. The van der Waals surface area contributed by atoms with Gasteiger partial charge in [0.2, 0.25) is 0 Å². The number of benzene rings is 1. The molecule has 0 aliphatic rings. The van der Waals surface area contributed by atoms with Gasteiger partial charge in [0.05, 0.1) is 4.83 Å². The van der Waals surface area contributed by atoms with E-state index in [9.17, 15) is 4.79 Å². The molecule has 1 aromatic rings. The quantitative estimate of drug-likeness (QED) is 0.682. The molecule has 0 amide bonds. The number of hydrogen-bond acceptors (Lipinski definition) is 1. The maximum Gasteiger partial charge on any atom is 0.152 e. The molecule has 1 nitrogen and oxygen atoms in total. The summed E-state index contributed by atoms with van der Waals surface area (Å²) in [6.07, 6.45) is 0.551. The van der Waals surface area contributed by atoms with Crippen LogP contribution in [0.25, 0.3) is 0 Å². The second-order valence-electron chi connectivity index (χ2n) is 5.48. The van der Waals surface area contributed by atoms with Gasteiger partial charge in [0, 0.05) is 15.5 Å². The van der Waals surface area contributed by atoms with E-state index in [1.165, 1.54) is 0 Å². The molecule has 1 aromatic carbocycles. The highest BCUT2D eigenvalue weighted by molar-refractivity contribution is 9.10. The van der Waals surface area contributed by atoms with Crippen LogP contribution in [0.3, 0.4) is 0 Å². The zero-order chi connectivity index (χ0) is 14.1. The van der Waals surface area contributed by atoms with Crippen LogP contribution in [0, 0.1) is 12.3 Å².